The summed E-state index contributed by atoms with van der Waals surface area (Å²) >= 11 is 11.9. The van der Waals surface area contributed by atoms with Crippen molar-refractivity contribution in [2.75, 3.05) is 46.0 Å². The van der Waals surface area contributed by atoms with Gasteiger partial charge >= 0.3 is 0 Å². The minimum absolute atomic E-state index is 0.202. The van der Waals surface area contributed by atoms with Crippen molar-refractivity contribution in [3.05, 3.63) is 131 Å². The SMILES string of the molecule is CC(C)CCCSc1nc(O)cc(=O)[nH]1.CCCCCCCCCCCCCCCCSc1nc(O)cc(=O)[nH]1.CCCCCCCCCCCCCCSc1nc(O)cc(=O)[nH]1.CCCCCCCCCCCCSc1nc(O)cc(=O)[nH]1.CCCCCCCCSc1nc(O)cc(=O)[nH]1.CCCCCCCSc1nc(O)cc(=O)[nH]1.CCCCCCSc1nc(O)cc(=O)[nH]1.CCCCCSc1nc(O)cc(=O)[nH]1. The van der Waals surface area contributed by atoms with Crippen LogP contribution in [0.1, 0.15) is 422 Å². The van der Waals surface area contributed by atoms with Gasteiger partial charge < -0.3 is 80.7 Å². The highest BCUT2D eigenvalue weighted by molar-refractivity contribution is 8.00. The summed E-state index contributed by atoms with van der Waals surface area (Å²) in [6.07, 6.45) is 72.3. The molecule has 0 spiro atoms. The first-order valence-electron chi connectivity index (χ1n) is 54.1. The van der Waals surface area contributed by atoms with Gasteiger partial charge in [-0.15, -0.1) is 0 Å². The van der Waals surface area contributed by atoms with E-state index in [-0.39, 0.29) is 91.5 Å². The average molecular weight is 2190 g/mol. The predicted octanol–water partition coefficient (Wildman–Crippen LogP) is 27.2. The van der Waals surface area contributed by atoms with Gasteiger partial charge in [-0.2, -0.15) is 39.9 Å². The molecule has 0 aliphatic carbocycles. The van der Waals surface area contributed by atoms with Gasteiger partial charge in [0.1, 0.15) is 0 Å². The number of aromatic amines is 8. The smallest absolute Gasteiger partial charge is 0.255 e. The number of H-pyrrole nitrogens is 8. The maximum atomic E-state index is 11.2. The van der Waals surface area contributed by atoms with Crippen LogP contribution in [0.5, 0.6) is 47.0 Å². The lowest BCUT2D eigenvalue weighted by molar-refractivity contribution is 0.443. The van der Waals surface area contributed by atoms with E-state index in [2.05, 4.69) is 142 Å². The van der Waals surface area contributed by atoms with E-state index in [9.17, 15) is 53.7 Å². The maximum Gasteiger partial charge on any atom is 0.255 e. The van der Waals surface area contributed by atoms with Crippen LogP contribution in [0.15, 0.2) is 128 Å². The average Bonchev–Trinajstić information content (AvgIpc) is 0.936. The van der Waals surface area contributed by atoms with Crippen LogP contribution >= 0.6 is 94.1 Å². The number of hydrogen-bond acceptors (Lipinski definition) is 32. The molecule has 0 aromatic carbocycles. The highest BCUT2D eigenvalue weighted by Gasteiger charge is 2.11. The van der Waals surface area contributed by atoms with Gasteiger partial charge in [0.15, 0.2) is 41.3 Å². The number of hydrogen-bond donors (Lipinski definition) is 16. The van der Waals surface area contributed by atoms with Gasteiger partial charge in [-0.05, 0) is 57.3 Å². The quantitative estimate of drug-likeness (QED) is 0.00956. The van der Waals surface area contributed by atoms with Crippen molar-refractivity contribution in [2.24, 2.45) is 5.92 Å². The molecule has 32 nitrogen and oxygen atoms in total. The minimum atomic E-state index is -0.311. The van der Waals surface area contributed by atoms with Crippen molar-refractivity contribution in [3.63, 3.8) is 0 Å². The summed E-state index contributed by atoms with van der Waals surface area (Å²) in [5.41, 5.74) is -2.43. The summed E-state index contributed by atoms with van der Waals surface area (Å²) in [4.78, 5) is 140. The molecule has 828 valence electrons. The standard InChI is InChI=1S/C20H36N2O2S.C18H32N2O2S.C16H28N2O2S.C12H20N2O2S.C11H18N2O2S.2C10H16N2O2S.C9H14N2O2S/c1-2-3-4-5-6-7-8-9-10-11-12-13-14-15-16-25-20-21-18(23)17-19(24)22-20;1-2-3-4-5-6-7-8-9-10-11-12-13-14-23-18-19-16(21)15-17(22)20-18;1-2-3-4-5-6-7-8-9-10-11-12-21-16-17-14(19)13-15(20)18-16;1-2-3-4-5-6-7-8-17-12-13-10(15)9-11(16)14-12;1-2-3-4-5-6-7-16-11-12-9(14)8-10(15)13-11;1-7(2)4-3-5-15-10-11-8(13)6-9(14)12-10;1-2-3-4-5-6-15-10-11-8(13)7-9(14)12-10;1-2-3-4-5-14-9-10-7(12)6-8(13)11-9/h17H,2-16H2,1H3,(H2,21,22,23,24);15H,2-14H2,1H3,(H2,19,20,21,22);13H,2-12H2,1H3,(H2,17,18,19,20);9H,2-8H2,1H3,(H2,13,14,15,16);8H,2-7H2,1H3,(H2,12,13,14,15);6-7H,3-5H2,1-2H3,(H2,11,12,13,14);7H,2-6H2,1H3,(H2,11,12,13,14);6H,2-5H2,1H3,(H2,10,11,12,13). The Labute approximate surface area is 901 Å². The lowest BCUT2D eigenvalue weighted by Crippen LogP contribution is -2.06. The first kappa shape index (κ1) is 136. The molecule has 8 heterocycles. The minimum Gasteiger partial charge on any atom is -0.493 e. The van der Waals surface area contributed by atoms with Crippen LogP contribution in [-0.4, -0.2) is 167 Å². The van der Waals surface area contributed by atoms with Gasteiger partial charge in [-0.25, -0.2) is 0 Å². The summed E-state index contributed by atoms with van der Waals surface area (Å²) in [5.74, 6) is 6.43. The molecule has 0 bridgehead atoms. The molecule has 0 atom stereocenters. The van der Waals surface area contributed by atoms with E-state index in [1.165, 1.54) is 396 Å². The number of unbranched alkanes of at least 4 members (excludes halogenated alkanes) is 47. The second-order valence-corrected chi connectivity index (χ2v) is 44.9. The normalized spacial score (nSPS) is 10.8. The Balaban J connectivity index is 0.000000841. The van der Waals surface area contributed by atoms with Crippen LogP contribution in [0.2, 0.25) is 0 Å². The highest BCUT2D eigenvalue weighted by Crippen LogP contribution is 2.26. The zero-order valence-electron chi connectivity index (χ0n) is 89.1. The van der Waals surface area contributed by atoms with Gasteiger partial charge in [-0.1, -0.05) is 465 Å². The molecule has 0 amide bonds. The van der Waals surface area contributed by atoms with E-state index in [4.69, 9.17) is 25.5 Å². The number of nitrogens with one attached hydrogen (secondary N) is 8. The lowest BCUT2D eigenvalue weighted by atomic mass is 10.0. The first-order valence-corrected chi connectivity index (χ1v) is 62.0. The number of aromatic hydroxyl groups is 8. The van der Waals surface area contributed by atoms with Gasteiger partial charge in [-0.3, -0.25) is 38.4 Å². The Morgan fingerprint density at radius 1 is 0.178 bits per heavy atom. The van der Waals surface area contributed by atoms with Crippen LogP contribution in [-0.2, 0) is 0 Å². The van der Waals surface area contributed by atoms with E-state index in [1.807, 2.05) is 0 Å². The van der Waals surface area contributed by atoms with Crippen LogP contribution in [0.3, 0.4) is 0 Å². The van der Waals surface area contributed by atoms with Crippen molar-refractivity contribution in [2.45, 2.75) is 463 Å². The van der Waals surface area contributed by atoms with E-state index < -0.39 is 0 Å². The van der Waals surface area contributed by atoms with Crippen LogP contribution in [0.4, 0.5) is 0 Å². The highest BCUT2D eigenvalue weighted by atomic mass is 32.2. The number of nitrogens with zero attached hydrogens (tertiary/aromatic N) is 8. The molecule has 0 fully saturated rings. The topological polar surface area (TPSA) is 528 Å². The largest absolute Gasteiger partial charge is 0.493 e. The number of rotatable bonds is 73. The van der Waals surface area contributed by atoms with Crippen molar-refractivity contribution in [1.29, 1.82) is 0 Å². The fourth-order valence-corrected chi connectivity index (χ4v) is 21.0. The summed E-state index contributed by atoms with van der Waals surface area (Å²) in [5, 5.41) is 77.3. The molecule has 40 heteroatoms. The Hall–Kier alpha value is -7.76. The number of aromatic nitrogens is 16. The molecule has 0 aliphatic rings. The molecule has 0 saturated carbocycles. The van der Waals surface area contributed by atoms with Crippen molar-refractivity contribution in [3.8, 4) is 47.0 Å². The summed E-state index contributed by atoms with van der Waals surface area (Å²) in [7, 11) is 0. The fourth-order valence-electron chi connectivity index (χ4n) is 14.1. The van der Waals surface area contributed by atoms with Crippen molar-refractivity contribution in [1.82, 2.24) is 79.7 Å². The summed E-state index contributed by atoms with van der Waals surface area (Å²) in [6, 6.07) is 8.63. The molecule has 8 rings (SSSR count). The summed E-state index contributed by atoms with van der Waals surface area (Å²) in [6.45, 7) is 19.8. The van der Waals surface area contributed by atoms with Crippen molar-refractivity contribution < 1.29 is 40.9 Å². The van der Waals surface area contributed by atoms with Gasteiger partial charge in [0.05, 0.1) is 48.5 Å². The third kappa shape index (κ3) is 86.0. The first-order chi connectivity index (χ1) is 70.6. The Morgan fingerprint density at radius 3 is 0.404 bits per heavy atom. The fraction of sp³-hybridized carbons (Fsp3) is 0.698. The van der Waals surface area contributed by atoms with E-state index in [0.717, 1.165) is 152 Å². The molecule has 146 heavy (non-hydrogen) atoms. The third-order valence-corrected chi connectivity index (χ3v) is 29.6. The molecular formula is C106H180N16O16S8. The molecule has 0 radical (unpaired) electrons. The van der Waals surface area contributed by atoms with Crippen LogP contribution in [0, 0.1) is 5.92 Å². The molecule has 8 aromatic rings. The molecule has 16 N–H and O–H groups in total. The predicted molar refractivity (Wildman–Crippen MR) is 611 cm³/mol. The Kier molecular flexibility index (Phi) is 89.2. The van der Waals surface area contributed by atoms with Gasteiger partial charge in [0.2, 0.25) is 47.0 Å². The lowest BCUT2D eigenvalue weighted by Gasteiger charge is -2.03. The van der Waals surface area contributed by atoms with Crippen LogP contribution in [0.25, 0.3) is 0 Å². The molecule has 0 unspecified atom stereocenters. The molecule has 8 aromatic heterocycles. The molecule has 0 aliphatic heterocycles. The Morgan fingerprint density at radius 2 is 0.281 bits per heavy atom. The summed E-state index contributed by atoms with van der Waals surface area (Å²) < 4.78 is 0. The zero-order chi connectivity index (χ0) is 107. The third-order valence-electron chi connectivity index (χ3n) is 22.0. The van der Waals surface area contributed by atoms with Gasteiger partial charge in [0, 0.05) is 46.0 Å². The zero-order valence-corrected chi connectivity index (χ0v) is 95.7. The van der Waals surface area contributed by atoms with E-state index in [0.29, 0.717) is 47.2 Å². The second kappa shape index (κ2) is 95.6. The van der Waals surface area contributed by atoms with Crippen molar-refractivity contribution >= 4 is 94.1 Å². The van der Waals surface area contributed by atoms with E-state index >= 15 is 0 Å². The molecular weight excluding hydrogens is 2010 g/mol. The Bertz CT molecular complexity index is 5010. The number of thioether (sulfide) groups is 8. The van der Waals surface area contributed by atoms with Gasteiger partial charge in [0.25, 0.3) is 44.5 Å². The van der Waals surface area contributed by atoms with E-state index in [1.54, 1.807) is 0 Å². The second-order valence-electron chi connectivity index (χ2n) is 36.2. The molecule has 0 saturated heterocycles. The monoisotopic (exact) mass is 2190 g/mol. The van der Waals surface area contributed by atoms with Crippen LogP contribution < -0.4 is 44.5 Å². The maximum absolute atomic E-state index is 11.2.